The molecule has 1 N–H and O–H groups in total. The largest absolute Gasteiger partial charge is 0.465 e. The number of ether oxygens (including phenoxy) is 3. The van der Waals surface area contributed by atoms with Crippen molar-refractivity contribution in [3.05, 3.63) is 84.0 Å². The summed E-state index contributed by atoms with van der Waals surface area (Å²) in [4.78, 5) is 54.2. The van der Waals surface area contributed by atoms with Crippen molar-refractivity contribution in [1.82, 2.24) is 15.1 Å². The maximum atomic E-state index is 12.4. The Bertz CT molecular complexity index is 1960. The van der Waals surface area contributed by atoms with E-state index in [1.54, 1.807) is 24.3 Å². The molecule has 470 valence electrons. The molecule has 1 amide bonds. The number of rotatable bonds is 47. The van der Waals surface area contributed by atoms with Crippen LogP contribution in [0.5, 0.6) is 11.5 Å². The molecule has 2 aliphatic rings. The number of thioether (sulfide) groups is 1. The molecule has 0 unspecified atom stereocenters. The molecular formula is C72H119N3O7S. The molecule has 4 rings (SSSR count). The van der Waals surface area contributed by atoms with E-state index in [0.29, 0.717) is 43.3 Å². The summed E-state index contributed by atoms with van der Waals surface area (Å²) < 4.78 is 16.5. The molecule has 0 saturated carbocycles. The van der Waals surface area contributed by atoms with E-state index in [-0.39, 0.29) is 30.2 Å². The molecule has 0 bridgehead atoms. The van der Waals surface area contributed by atoms with Gasteiger partial charge in [-0.2, -0.15) is 11.8 Å². The predicted octanol–water partition coefficient (Wildman–Crippen LogP) is 18.0. The van der Waals surface area contributed by atoms with E-state index < -0.39 is 0 Å². The van der Waals surface area contributed by atoms with Gasteiger partial charge in [0.05, 0.1) is 19.4 Å². The Hall–Kier alpha value is -3.93. The van der Waals surface area contributed by atoms with Crippen LogP contribution in [0.3, 0.4) is 0 Å². The molecule has 0 atom stereocenters. The van der Waals surface area contributed by atoms with E-state index in [4.69, 9.17) is 14.2 Å². The third-order valence-electron chi connectivity index (χ3n) is 16.5. The first-order chi connectivity index (χ1) is 40.7. The summed E-state index contributed by atoms with van der Waals surface area (Å²) in [6, 6.07) is 14.6. The average Bonchev–Trinajstić information content (AvgIpc) is 3.51. The van der Waals surface area contributed by atoms with Crippen LogP contribution in [0.4, 0.5) is 0 Å². The Morgan fingerprint density at radius 2 is 0.880 bits per heavy atom. The van der Waals surface area contributed by atoms with Gasteiger partial charge in [-0.05, 0) is 195 Å². The monoisotopic (exact) mass is 1170 g/mol. The number of amides is 1. The summed E-state index contributed by atoms with van der Waals surface area (Å²) in [5.74, 6) is 3.18. The maximum Gasteiger partial charge on any atom is 0.311 e. The van der Waals surface area contributed by atoms with Crippen molar-refractivity contribution in [1.29, 1.82) is 0 Å². The van der Waals surface area contributed by atoms with Gasteiger partial charge in [0.1, 0.15) is 11.5 Å². The number of esters is 3. The molecular weight excluding hydrogens is 1050 g/mol. The van der Waals surface area contributed by atoms with Crippen molar-refractivity contribution in [3.8, 4) is 11.5 Å². The predicted molar refractivity (Wildman–Crippen MR) is 351 cm³/mol. The van der Waals surface area contributed by atoms with Crippen molar-refractivity contribution in [3.63, 3.8) is 0 Å². The van der Waals surface area contributed by atoms with Crippen LogP contribution >= 0.6 is 11.8 Å². The van der Waals surface area contributed by atoms with Gasteiger partial charge in [0, 0.05) is 31.7 Å². The third-order valence-corrected chi connectivity index (χ3v) is 17.1. The number of unbranched alkanes of at least 4 members (excludes halogenated alkanes) is 22. The molecule has 0 radical (unpaired) electrons. The molecule has 0 spiro atoms. The fraction of sp³-hybridized carbons (Fsp3) is 0.722. The van der Waals surface area contributed by atoms with Crippen molar-refractivity contribution in [2.24, 2.45) is 11.8 Å². The summed E-state index contributed by atoms with van der Waals surface area (Å²) in [7, 11) is 0. The molecule has 2 aliphatic heterocycles. The van der Waals surface area contributed by atoms with Crippen molar-refractivity contribution in [2.45, 2.75) is 258 Å². The Kier molecular flexibility index (Phi) is 45.3. The second-order valence-corrected chi connectivity index (χ2v) is 25.0. The number of nitrogens with one attached hydrogen (secondary N) is 1. The molecule has 2 fully saturated rings. The summed E-state index contributed by atoms with van der Waals surface area (Å²) in [5.41, 5.74) is 1.81. The van der Waals surface area contributed by atoms with Crippen LogP contribution in [0, 0.1) is 11.8 Å². The van der Waals surface area contributed by atoms with Gasteiger partial charge in [-0.3, -0.25) is 19.2 Å². The number of nitrogens with zero attached hydrogens (tertiary/aromatic N) is 2. The van der Waals surface area contributed by atoms with Gasteiger partial charge in [0.15, 0.2) is 0 Å². The number of benzene rings is 2. The normalized spacial score (nSPS) is 14.5. The van der Waals surface area contributed by atoms with Crippen LogP contribution in [-0.2, 0) is 36.8 Å². The van der Waals surface area contributed by atoms with Crippen molar-refractivity contribution >= 4 is 35.6 Å². The van der Waals surface area contributed by atoms with E-state index in [1.807, 2.05) is 36.0 Å². The first-order valence-electron chi connectivity index (χ1n) is 34.0. The Morgan fingerprint density at radius 1 is 0.482 bits per heavy atom. The standard InChI is InChI=1S/C36H60N2O3.C36H59NO4S/c1-3-5-6-7-8-9-10-11-12-13-14-15-16-17-18-19-36(40)41-34-22-20-33(21-23-34)31-35(39)37-27-24-32-25-29-38(28-4-2)30-26-32;1-3-4-5-6-7-8-9-10-11-12-13-14-15-16-17-18-35(38)41-34-21-19-33(20-22-34)31-36(39)40-29-25-32-23-26-37(27-24-32)28-30-42-2/h11-12,20-23,32H,3-10,13-19,24-31H2,1-2H3,(H,37,39);10-11,19-22,32H,3-9,12-18,23-31H2,1-2H3/b12-11-;11-10-. The Labute approximate surface area is 511 Å². The number of carbonyl (C=O) groups excluding carboxylic acids is 4. The van der Waals surface area contributed by atoms with Crippen molar-refractivity contribution in [2.75, 3.05) is 64.4 Å². The summed E-state index contributed by atoms with van der Waals surface area (Å²) in [6.45, 7) is 15.1. The molecule has 0 aromatic heterocycles. The van der Waals surface area contributed by atoms with Gasteiger partial charge in [-0.15, -0.1) is 0 Å². The highest BCUT2D eigenvalue weighted by atomic mass is 32.2. The number of allylic oxidation sites excluding steroid dienone is 4. The molecule has 0 aliphatic carbocycles. The van der Waals surface area contributed by atoms with Crippen molar-refractivity contribution < 1.29 is 33.4 Å². The zero-order chi connectivity index (χ0) is 59.5. The molecule has 10 nitrogen and oxygen atoms in total. The molecule has 2 aromatic carbocycles. The van der Waals surface area contributed by atoms with Crippen LogP contribution in [-0.4, -0.2) is 98.0 Å². The lowest BCUT2D eigenvalue weighted by atomic mass is 9.93. The lowest BCUT2D eigenvalue weighted by Crippen LogP contribution is -2.35. The van der Waals surface area contributed by atoms with Gasteiger partial charge in [0.25, 0.3) is 0 Å². The summed E-state index contributed by atoms with van der Waals surface area (Å²) in [5, 5.41) is 3.08. The van der Waals surface area contributed by atoms with Crippen LogP contribution in [0.2, 0.25) is 0 Å². The van der Waals surface area contributed by atoms with Crippen LogP contribution in [0.15, 0.2) is 72.8 Å². The summed E-state index contributed by atoms with van der Waals surface area (Å²) in [6.07, 6.45) is 53.5. The smallest absolute Gasteiger partial charge is 0.311 e. The average molecular weight is 1170 g/mol. The first-order valence-corrected chi connectivity index (χ1v) is 35.4. The molecule has 2 aromatic rings. The fourth-order valence-electron chi connectivity index (χ4n) is 11.2. The lowest BCUT2D eigenvalue weighted by Gasteiger charge is -2.31. The minimum atomic E-state index is -0.193. The minimum absolute atomic E-state index is 0.0577. The highest BCUT2D eigenvalue weighted by Gasteiger charge is 2.20. The van der Waals surface area contributed by atoms with Crippen LogP contribution < -0.4 is 14.8 Å². The van der Waals surface area contributed by atoms with E-state index in [0.717, 1.165) is 75.2 Å². The van der Waals surface area contributed by atoms with Gasteiger partial charge >= 0.3 is 17.9 Å². The summed E-state index contributed by atoms with van der Waals surface area (Å²) >= 11 is 1.90. The van der Waals surface area contributed by atoms with Crippen LogP contribution in [0.25, 0.3) is 0 Å². The third kappa shape index (κ3) is 40.9. The number of hydrogen-bond acceptors (Lipinski definition) is 10. The molecule has 2 saturated heterocycles. The van der Waals surface area contributed by atoms with Gasteiger partial charge in [0.2, 0.25) is 5.91 Å². The zero-order valence-corrected chi connectivity index (χ0v) is 54.1. The molecule has 83 heavy (non-hydrogen) atoms. The van der Waals surface area contributed by atoms with E-state index >= 15 is 0 Å². The number of likely N-dealkylation sites (tertiary alicyclic amines) is 2. The van der Waals surface area contributed by atoms with Gasteiger partial charge in [-0.25, -0.2) is 0 Å². The quantitative estimate of drug-likeness (QED) is 0.0297. The fourth-order valence-corrected chi connectivity index (χ4v) is 11.6. The topological polar surface area (TPSA) is 114 Å². The first kappa shape index (κ1) is 73.3. The van der Waals surface area contributed by atoms with Gasteiger partial charge in [-0.1, -0.05) is 172 Å². The zero-order valence-electron chi connectivity index (χ0n) is 53.3. The maximum absolute atomic E-state index is 12.4. The van der Waals surface area contributed by atoms with E-state index in [9.17, 15) is 19.2 Å². The lowest BCUT2D eigenvalue weighted by molar-refractivity contribution is -0.143. The minimum Gasteiger partial charge on any atom is -0.465 e. The van der Waals surface area contributed by atoms with Crippen LogP contribution in [0.1, 0.15) is 257 Å². The highest BCUT2D eigenvalue weighted by molar-refractivity contribution is 7.98. The highest BCUT2D eigenvalue weighted by Crippen LogP contribution is 2.23. The number of hydrogen-bond donors (Lipinski definition) is 1. The second kappa shape index (κ2) is 51.3. The Morgan fingerprint density at radius 3 is 1.31 bits per heavy atom. The van der Waals surface area contributed by atoms with E-state index in [2.05, 4.69) is 66.4 Å². The SMILES string of the molecule is CCCCCCCC/C=C\CCCCCCCC(=O)Oc1ccc(CC(=O)NCCC2CCN(CCC)CC2)cc1.CCCCCCCC/C=C\CCCCCCCC(=O)Oc1ccc(CC(=O)OCCC2CCN(CCSC)CC2)cc1. The Balaban J connectivity index is 0.000000435. The number of piperidine rings is 2. The second-order valence-electron chi connectivity index (χ2n) is 24.0. The number of carbonyl (C=O) groups is 4. The van der Waals surface area contributed by atoms with E-state index in [1.165, 1.54) is 205 Å². The van der Waals surface area contributed by atoms with Gasteiger partial charge < -0.3 is 29.3 Å². The molecule has 11 heteroatoms. The molecule has 2 heterocycles.